The number of hydrogen-bond donors (Lipinski definition) is 4. The van der Waals surface area contributed by atoms with Crippen LogP contribution in [0.15, 0.2) is 24.3 Å². The number of hydrogen-bond acceptors (Lipinski definition) is 6. The first-order valence-electron chi connectivity index (χ1n) is 10.5. The molecule has 0 aliphatic rings. The molecule has 0 heterocycles. The number of methoxy groups -OCH3 is 1. The zero-order chi connectivity index (χ0) is 22.4. The summed E-state index contributed by atoms with van der Waals surface area (Å²) in [5.41, 5.74) is 3.35. The highest BCUT2D eigenvalue weighted by molar-refractivity contribution is 5.90. The maximum absolute atomic E-state index is 12.0. The predicted molar refractivity (Wildman–Crippen MR) is 115 cm³/mol. The van der Waals surface area contributed by atoms with E-state index in [2.05, 4.69) is 24.5 Å². The van der Waals surface area contributed by atoms with Gasteiger partial charge in [0.25, 0.3) is 0 Å². The Bertz CT molecular complexity index is 661. The number of nitrogens with one attached hydrogen (secondary N) is 3. The lowest BCUT2D eigenvalue weighted by atomic mass is 10.0. The summed E-state index contributed by atoms with van der Waals surface area (Å²) in [7, 11) is 1.39. The molecule has 0 radical (unpaired) electrons. The van der Waals surface area contributed by atoms with Gasteiger partial charge in [0.1, 0.15) is 6.04 Å². The Hall–Kier alpha value is -2.45. The van der Waals surface area contributed by atoms with Crippen molar-refractivity contribution >= 4 is 23.5 Å². The minimum Gasteiger partial charge on any atom is -0.468 e. The summed E-state index contributed by atoms with van der Waals surface area (Å²) >= 11 is 0. The van der Waals surface area contributed by atoms with Crippen molar-refractivity contribution in [2.24, 2.45) is 5.92 Å². The van der Waals surface area contributed by atoms with Crippen LogP contribution in [0.2, 0.25) is 0 Å². The first-order valence-corrected chi connectivity index (χ1v) is 10.5. The second-order valence-electron chi connectivity index (χ2n) is 7.78. The fourth-order valence-corrected chi connectivity index (χ4v) is 3.03. The highest BCUT2D eigenvalue weighted by atomic mass is 16.5. The number of hydroxylamine groups is 1. The van der Waals surface area contributed by atoms with Crippen molar-refractivity contribution in [3.8, 4) is 0 Å². The fourth-order valence-electron chi connectivity index (χ4n) is 3.03. The molecule has 1 rings (SSSR count). The smallest absolute Gasteiger partial charge is 0.322 e. The molecule has 0 saturated carbocycles. The summed E-state index contributed by atoms with van der Waals surface area (Å²) in [5.74, 6) is -0.313. The van der Waals surface area contributed by atoms with Crippen molar-refractivity contribution in [3.63, 3.8) is 0 Å². The maximum atomic E-state index is 12.0. The SMILES string of the molecule is COC(=O)[C@H](CC(C)C)NCc1ccc(NC(=O)CCCCCCC(=O)NO)cc1. The van der Waals surface area contributed by atoms with Crippen LogP contribution < -0.4 is 16.1 Å². The first kappa shape index (κ1) is 25.6. The van der Waals surface area contributed by atoms with Crippen LogP contribution in [0.25, 0.3) is 0 Å². The molecule has 0 fully saturated rings. The van der Waals surface area contributed by atoms with E-state index in [0.29, 0.717) is 38.1 Å². The molecule has 0 spiro atoms. The molecule has 30 heavy (non-hydrogen) atoms. The molecule has 8 nitrogen and oxygen atoms in total. The lowest BCUT2D eigenvalue weighted by Gasteiger charge is -2.18. The molecule has 0 saturated heterocycles. The van der Waals surface area contributed by atoms with E-state index in [1.54, 1.807) is 5.48 Å². The number of benzene rings is 1. The van der Waals surface area contributed by atoms with Crippen molar-refractivity contribution < 1.29 is 24.3 Å². The number of carbonyl (C=O) groups excluding carboxylic acids is 3. The molecule has 0 bridgehead atoms. The molecule has 0 aliphatic carbocycles. The van der Waals surface area contributed by atoms with E-state index < -0.39 is 0 Å². The average molecular weight is 422 g/mol. The topological polar surface area (TPSA) is 117 Å². The fraction of sp³-hybridized carbons (Fsp3) is 0.591. The zero-order valence-electron chi connectivity index (χ0n) is 18.2. The maximum Gasteiger partial charge on any atom is 0.322 e. The second-order valence-corrected chi connectivity index (χ2v) is 7.78. The summed E-state index contributed by atoms with van der Waals surface area (Å²) < 4.78 is 4.86. The molecular formula is C22H35N3O5. The van der Waals surface area contributed by atoms with E-state index in [1.807, 2.05) is 24.3 Å². The quantitative estimate of drug-likeness (QED) is 0.159. The number of rotatable bonds is 14. The first-order chi connectivity index (χ1) is 14.3. The van der Waals surface area contributed by atoms with Gasteiger partial charge in [0.05, 0.1) is 7.11 Å². The molecule has 4 N–H and O–H groups in total. The highest BCUT2D eigenvalue weighted by Gasteiger charge is 2.19. The van der Waals surface area contributed by atoms with Crippen LogP contribution in [0.5, 0.6) is 0 Å². The Labute approximate surface area is 178 Å². The zero-order valence-corrected chi connectivity index (χ0v) is 18.2. The molecule has 0 aliphatic heterocycles. The summed E-state index contributed by atoms with van der Waals surface area (Å²) in [4.78, 5) is 34.8. The monoisotopic (exact) mass is 421 g/mol. The van der Waals surface area contributed by atoms with Crippen molar-refractivity contribution in [2.75, 3.05) is 12.4 Å². The molecule has 0 aromatic heterocycles. The third-order valence-electron chi connectivity index (χ3n) is 4.67. The number of unbranched alkanes of at least 4 members (excludes halogenated alkanes) is 3. The van der Waals surface area contributed by atoms with E-state index in [0.717, 1.165) is 30.5 Å². The molecule has 168 valence electrons. The molecule has 1 atom stereocenters. The van der Waals surface area contributed by atoms with Crippen LogP contribution in [0.3, 0.4) is 0 Å². The second kappa shape index (κ2) is 14.5. The normalized spacial score (nSPS) is 11.8. The number of amides is 2. The van der Waals surface area contributed by atoms with Crippen molar-refractivity contribution in [1.29, 1.82) is 0 Å². The number of anilines is 1. The summed E-state index contributed by atoms with van der Waals surface area (Å²) in [5, 5.41) is 14.5. The van der Waals surface area contributed by atoms with Gasteiger partial charge in [-0.15, -0.1) is 0 Å². The van der Waals surface area contributed by atoms with E-state index >= 15 is 0 Å². The van der Waals surface area contributed by atoms with Crippen LogP contribution in [-0.4, -0.2) is 36.1 Å². The Morgan fingerprint density at radius 2 is 1.57 bits per heavy atom. The number of carbonyl (C=O) groups is 3. The van der Waals surface area contributed by atoms with E-state index in [9.17, 15) is 14.4 Å². The summed E-state index contributed by atoms with van der Waals surface area (Å²) in [6, 6.07) is 7.18. The van der Waals surface area contributed by atoms with Gasteiger partial charge < -0.3 is 15.4 Å². The predicted octanol–water partition coefficient (Wildman–Crippen LogP) is 3.15. The lowest BCUT2D eigenvalue weighted by molar-refractivity contribution is -0.143. The lowest BCUT2D eigenvalue weighted by Crippen LogP contribution is -2.38. The average Bonchev–Trinajstić information content (AvgIpc) is 2.73. The van der Waals surface area contributed by atoms with Crippen LogP contribution >= 0.6 is 0 Å². The van der Waals surface area contributed by atoms with Crippen LogP contribution in [-0.2, 0) is 25.7 Å². The number of ether oxygens (including phenoxy) is 1. The standard InChI is InChI=1S/C22H35N3O5/c1-16(2)14-19(22(28)30-3)23-15-17-10-12-18(13-11-17)24-20(26)8-6-4-5-7-9-21(27)25-29/h10-13,16,19,23,29H,4-9,14-15H2,1-3H3,(H,24,26)(H,25,27)/t19-/m0/s1. The summed E-state index contributed by atoms with van der Waals surface area (Å²) in [6.45, 7) is 4.66. The summed E-state index contributed by atoms with van der Waals surface area (Å²) in [6.07, 6.45) is 4.56. The van der Waals surface area contributed by atoms with Gasteiger partial charge in [-0.25, -0.2) is 5.48 Å². The van der Waals surface area contributed by atoms with Gasteiger partial charge in [0, 0.05) is 25.1 Å². The molecule has 8 heteroatoms. The third kappa shape index (κ3) is 10.9. The van der Waals surface area contributed by atoms with Gasteiger partial charge in [-0.2, -0.15) is 0 Å². The Balaban J connectivity index is 2.33. The largest absolute Gasteiger partial charge is 0.468 e. The van der Waals surface area contributed by atoms with Crippen molar-refractivity contribution in [2.45, 2.75) is 71.4 Å². The Morgan fingerprint density at radius 3 is 2.10 bits per heavy atom. The van der Waals surface area contributed by atoms with E-state index in [-0.39, 0.29) is 23.8 Å². The van der Waals surface area contributed by atoms with E-state index in [1.165, 1.54) is 7.11 Å². The van der Waals surface area contributed by atoms with Crippen molar-refractivity contribution in [3.05, 3.63) is 29.8 Å². The van der Waals surface area contributed by atoms with E-state index in [4.69, 9.17) is 9.94 Å². The molecule has 2 amide bonds. The Kier molecular flexibility index (Phi) is 12.4. The number of esters is 1. The minimum atomic E-state index is -0.382. The minimum absolute atomic E-state index is 0.0448. The van der Waals surface area contributed by atoms with Crippen LogP contribution in [0, 0.1) is 5.92 Å². The molecule has 0 unspecified atom stereocenters. The van der Waals surface area contributed by atoms with Gasteiger partial charge >= 0.3 is 5.97 Å². The van der Waals surface area contributed by atoms with Gasteiger partial charge in [-0.05, 0) is 42.9 Å². The molecule has 1 aromatic rings. The molecular weight excluding hydrogens is 386 g/mol. The van der Waals surface area contributed by atoms with Gasteiger partial charge in [0.2, 0.25) is 11.8 Å². The molecule has 1 aromatic carbocycles. The highest BCUT2D eigenvalue weighted by Crippen LogP contribution is 2.13. The van der Waals surface area contributed by atoms with Gasteiger partial charge in [-0.1, -0.05) is 38.8 Å². The van der Waals surface area contributed by atoms with Gasteiger partial charge in [0.15, 0.2) is 0 Å². The van der Waals surface area contributed by atoms with Crippen molar-refractivity contribution in [1.82, 2.24) is 10.8 Å². The van der Waals surface area contributed by atoms with Gasteiger partial charge in [-0.3, -0.25) is 19.6 Å². The Morgan fingerprint density at radius 1 is 0.967 bits per heavy atom. The third-order valence-corrected chi connectivity index (χ3v) is 4.67. The van der Waals surface area contributed by atoms with Crippen LogP contribution in [0.4, 0.5) is 5.69 Å². The van der Waals surface area contributed by atoms with Crippen LogP contribution in [0.1, 0.15) is 64.4 Å².